The van der Waals surface area contributed by atoms with Crippen LogP contribution in [0.5, 0.6) is 0 Å². The number of rotatable bonds is 9. The van der Waals surface area contributed by atoms with E-state index in [-0.39, 0.29) is 24.9 Å². The largest absolute Gasteiger partial charge is 0.396 e. The van der Waals surface area contributed by atoms with E-state index in [0.717, 1.165) is 32.2 Å². The van der Waals surface area contributed by atoms with Crippen LogP contribution < -0.4 is 10.6 Å². The molecule has 0 fully saturated rings. The average Bonchev–Trinajstić information content (AvgIpc) is 2.40. The Morgan fingerprint density at radius 1 is 1.11 bits per heavy atom. The van der Waals surface area contributed by atoms with Gasteiger partial charge in [0.1, 0.15) is 5.82 Å². The normalized spacial score (nSPS) is 10.4. The minimum Gasteiger partial charge on any atom is -0.396 e. The smallest absolute Gasteiger partial charge is 0.238 e. The van der Waals surface area contributed by atoms with Crippen molar-refractivity contribution in [3.05, 3.63) is 30.1 Å². The molecule has 0 radical (unpaired) electrons. The summed E-state index contributed by atoms with van der Waals surface area (Å²) in [5.74, 6) is -0.457. The molecule has 0 bridgehead atoms. The zero-order chi connectivity index (χ0) is 13.9. The van der Waals surface area contributed by atoms with Crippen LogP contribution in [0.2, 0.25) is 0 Å². The van der Waals surface area contributed by atoms with Crippen LogP contribution in [0.15, 0.2) is 24.3 Å². The third-order valence-corrected chi connectivity index (χ3v) is 2.68. The molecule has 1 aromatic carbocycles. The van der Waals surface area contributed by atoms with Crippen molar-refractivity contribution in [2.45, 2.75) is 25.7 Å². The summed E-state index contributed by atoms with van der Waals surface area (Å²) in [4.78, 5) is 11.5. The number of benzene rings is 1. The molecule has 0 aliphatic carbocycles. The van der Waals surface area contributed by atoms with Gasteiger partial charge in [-0.05, 0) is 43.7 Å². The quantitative estimate of drug-likeness (QED) is 0.599. The third kappa shape index (κ3) is 7.54. The van der Waals surface area contributed by atoms with Gasteiger partial charge in [-0.3, -0.25) is 4.79 Å². The Morgan fingerprint density at radius 2 is 1.79 bits per heavy atom. The van der Waals surface area contributed by atoms with Crippen LogP contribution in [0.25, 0.3) is 0 Å². The van der Waals surface area contributed by atoms with Gasteiger partial charge in [-0.1, -0.05) is 12.8 Å². The summed E-state index contributed by atoms with van der Waals surface area (Å²) in [5.41, 5.74) is 0.594. The first-order valence-corrected chi connectivity index (χ1v) is 6.59. The van der Waals surface area contributed by atoms with Crippen molar-refractivity contribution in [3.63, 3.8) is 0 Å². The summed E-state index contributed by atoms with van der Waals surface area (Å²) in [6.45, 7) is 1.27. The number of unbranched alkanes of at least 4 members (excludes halogenated alkanes) is 3. The molecule has 3 N–H and O–H groups in total. The fourth-order valence-electron chi connectivity index (χ4n) is 1.66. The van der Waals surface area contributed by atoms with Gasteiger partial charge in [-0.15, -0.1) is 0 Å². The molecule has 0 aromatic heterocycles. The van der Waals surface area contributed by atoms with E-state index < -0.39 is 0 Å². The van der Waals surface area contributed by atoms with E-state index in [1.807, 2.05) is 0 Å². The van der Waals surface area contributed by atoms with E-state index in [1.165, 1.54) is 24.3 Å². The second-order valence-corrected chi connectivity index (χ2v) is 4.37. The molecule has 106 valence electrons. The van der Waals surface area contributed by atoms with Gasteiger partial charge < -0.3 is 15.7 Å². The summed E-state index contributed by atoms with van der Waals surface area (Å²) < 4.78 is 12.7. The standard InChI is InChI=1S/C14H21FN2O2/c15-12-5-7-13(8-6-12)17-14(19)11-16-9-3-1-2-4-10-18/h5-8,16,18H,1-4,9-11H2,(H,17,19). The molecule has 19 heavy (non-hydrogen) atoms. The van der Waals surface area contributed by atoms with E-state index in [1.54, 1.807) is 0 Å². The molecular weight excluding hydrogens is 247 g/mol. The zero-order valence-corrected chi connectivity index (χ0v) is 11.0. The van der Waals surface area contributed by atoms with Crippen molar-refractivity contribution >= 4 is 11.6 Å². The molecule has 0 atom stereocenters. The fourth-order valence-corrected chi connectivity index (χ4v) is 1.66. The minimum atomic E-state index is -0.320. The molecule has 5 heteroatoms. The fraction of sp³-hybridized carbons (Fsp3) is 0.500. The van der Waals surface area contributed by atoms with Crippen molar-refractivity contribution in [2.75, 3.05) is 25.0 Å². The second-order valence-electron chi connectivity index (χ2n) is 4.37. The number of aliphatic hydroxyl groups excluding tert-OH is 1. The highest BCUT2D eigenvalue weighted by molar-refractivity contribution is 5.92. The molecule has 0 spiro atoms. The first kappa shape index (κ1) is 15.6. The van der Waals surface area contributed by atoms with Crippen LogP contribution in [-0.2, 0) is 4.79 Å². The second kappa shape index (κ2) is 9.47. The topological polar surface area (TPSA) is 61.4 Å². The average molecular weight is 268 g/mol. The molecule has 1 aromatic rings. The maximum Gasteiger partial charge on any atom is 0.238 e. The number of hydrogen-bond acceptors (Lipinski definition) is 3. The van der Waals surface area contributed by atoms with Crippen molar-refractivity contribution in [2.24, 2.45) is 0 Å². The third-order valence-electron chi connectivity index (χ3n) is 2.68. The number of aliphatic hydroxyl groups is 1. The molecule has 1 rings (SSSR count). The Hall–Kier alpha value is -1.46. The Kier molecular flexibility index (Phi) is 7.77. The molecule has 0 saturated heterocycles. The Labute approximate surface area is 113 Å². The number of carbonyl (C=O) groups is 1. The van der Waals surface area contributed by atoms with Crippen LogP contribution in [0.1, 0.15) is 25.7 Å². The lowest BCUT2D eigenvalue weighted by Crippen LogP contribution is -2.28. The van der Waals surface area contributed by atoms with E-state index in [2.05, 4.69) is 10.6 Å². The molecule has 0 saturated carbocycles. The van der Waals surface area contributed by atoms with Gasteiger partial charge in [-0.25, -0.2) is 4.39 Å². The van der Waals surface area contributed by atoms with Gasteiger partial charge in [0, 0.05) is 12.3 Å². The lowest BCUT2D eigenvalue weighted by atomic mass is 10.2. The number of halogens is 1. The molecule has 0 aliphatic rings. The van der Waals surface area contributed by atoms with Crippen molar-refractivity contribution in [1.82, 2.24) is 5.32 Å². The first-order chi connectivity index (χ1) is 9.22. The van der Waals surface area contributed by atoms with Crippen LogP contribution in [0, 0.1) is 5.82 Å². The highest BCUT2D eigenvalue weighted by Gasteiger charge is 2.01. The van der Waals surface area contributed by atoms with Crippen molar-refractivity contribution in [1.29, 1.82) is 0 Å². The molecule has 1 amide bonds. The van der Waals surface area contributed by atoms with Crippen molar-refractivity contribution < 1.29 is 14.3 Å². The maximum absolute atomic E-state index is 12.7. The summed E-state index contributed by atoms with van der Waals surface area (Å²) >= 11 is 0. The van der Waals surface area contributed by atoms with Gasteiger partial charge >= 0.3 is 0 Å². The highest BCUT2D eigenvalue weighted by atomic mass is 19.1. The molecular formula is C14H21FN2O2. The van der Waals surface area contributed by atoms with E-state index in [4.69, 9.17) is 5.11 Å². The Bertz CT molecular complexity index is 368. The van der Waals surface area contributed by atoms with Crippen LogP contribution in [0.4, 0.5) is 10.1 Å². The predicted octanol–water partition coefficient (Wildman–Crippen LogP) is 1.91. The Morgan fingerprint density at radius 3 is 2.47 bits per heavy atom. The Balaban J connectivity index is 2.06. The molecule has 4 nitrogen and oxygen atoms in total. The number of anilines is 1. The lowest BCUT2D eigenvalue weighted by molar-refractivity contribution is -0.115. The zero-order valence-electron chi connectivity index (χ0n) is 11.0. The lowest BCUT2D eigenvalue weighted by Gasteiger charge is -2.06. The van der Waals surface area contributed by atoms with Gasteiger partial charge in [0.05, 0.1) is 6.54 Å². The van der Waals surface area contributed by atoms with Gasteiger partial charge in [0.25, 0.3) is 0 Å². The number of hydrogen-bond donors (Lipinski definition) is 3. The summed E-state index contributed by atoms with van der Waals surface area (Å²) in [5, 5.41) is 14.3. The van der Waals surface area contributed by atoms with Crippen molar-refractivity contribution in [3.8, 4) is 0 Å². The maximum atomic E-state index is 12.7. The summed E-state index contributed by atoms with van der Waals surface area (Å²) in [7, 11) is 0. The number of nitrogens with one attached hydrogen (secondary N) is 2. The van der Waals surface area contributed by atoms with Gasteiger partial charge in [0.2, 0.25) is 5.91 Å². The van der Waals surface area contributed by atoms with Crippen LogP contribution in [-0.4, -0.2) is 30.7 Å². The summed E-state index contributed by atoms with van der Waals surface area (Å²) in [6.07, 6.45) is 3.89. The van der Waals surface area contributed by atoms with E-state index in [0.29, 0.717) is 5.69 Å². The number of amides is 1. The van der Waals surface area contributed by atoms with Crippen LogP contribution >= 0.6 is 0 Å². The first-order valence-electron chi connectivity index (χ1n) is 6.59. The van der Waals surface area contributed by atoms with Gasteiger partial charge in [0.15, 0.2) is 0 Å². The SMILES string of the molecule is O=C(CNCCCCCCO)Nc1ccc(F)cc1. The predicted molar refractivity (Wildman–Crippen MR) is 73.5 cm³/mol. The monoisotopic (exact) mass is 268 g/mol. The number of carbonyl (C=O) groups excluding carboxylic acids is 1. The molecule has 0 aliphatic heterocycles. The molecule has 0 unspecified atom stereocenters. The van der Waals surface area contributed by atoms with Gasteiger partial charge in [-0.2, -0.15) is 0 Å². The summed E-state index contributed by atoms with van der Waals surface area (Å²) in [6, 6.07) is 5.68. The van der Waals surface area contributed by atoms with E-state index in [9.17, 15) is 9.18 Å². The highest BCUT2D eigenvalue weighted by Crippen LogP contribution is 2.07. The van der Waals surface area contributed by atoms with E-state index >= 15 is 0 Å². The molecule has 0 heterocycles. The van der Waals surface area contributed by atoms with Crippen LogP contribution in [0.3, 0.4) is 0 Å². The minimum absolute atomic E-state index is 0.137.